The first-order valence-corrected chi connectivity index (χ1v) is 6.67. The van der Waals surface area contributed by atoms with Gasteiger partial charge in [0.25, 0.3) is 0 Å². The van der Waals surface area contributed by atoms with E-state index < -0.39 is 0 Å². The number of fused-ring (bicyclic) bond motifs is 4. The molecule has 0 spiro atoms. The van der Waals surface area contributed by atoms with E-state index in [2.05, 4.69) is 4.98 Å². The van der Waals surface area contributed by atoms with Crippen LogP contribution in [0.25, 0.3) is 33.2 Å². The lowest BCUT2D eigenvalue weighted by atomic mass is 10.1. The van der Waals surface area contributed by atoms with E-state index in [0.29, 0.717) is 16.2 Å². The molecule has 5 heteroatoms. The molecule has 0 atom stereocenters. The van der Waals surface area contributed by atoms with Gasteiger partial charge in [-0.25, -0.2) is 9.37 Å². The Bertz CT molecular complexity index is 948. The Morgan fingerprint density at radius 2 is 1.76 bits per heavy atom. The molecule has 0 saturated heterocycles. The third-order valence-corrected chi connectivity index (χ3v) is 4.12. The van der Waals surface area contributed by atoms with Crippen LogP contribution in [0.5, 0.6) is 0 Å². The van der Waals surface area contributed by atoms with Crippen molar-refractivity contribution in [3.8, 4) is 11.4 Å². The van der Waals surface area contributed by atoms with Crippen LogP contribution in [-0.4, -0.2) is 9.55 Å². The number of hydrogen-bond donors (Lipinski definition) is 0. The molecule has 2 aromatic rings. The van der Waals surface area contributed by atoms with Crippen LogP contribution in [0, 0.1) is 5.82 Å². The molecular weight excluding hydrogens is 402 g/mol. The first-order valence-electron chi connectivity index (χ1n) is 6.29. The molecular formula is C16H11ClFIN2. The standard InChI is InChI=1S/C16H10ClFN2.HI/c1-20-12-8-3-2-5-9(12)13(17)15-16(20)10-6-4-7-11(18)14(10)19-15;/h2-8H,1H3;1H. The van der Waals surface area contributed by atoms with Gasteiger partial charge in [-0.1, -0.05) is 41.9 Å². The van der Waals surface area contributed by atoms with Crippen molar-refractivity contribution in [1.29, 1.82) is 0 Å². The predicted molar refractivity (Wildman–Crippen MR) is 95.2 cm³/mol. The van der Waals surface area contributed by atoms with Crippen molar-refractivity contribution in [3.05, 3.63) is 53.3 Å². The summed E-state index contributed by atoms with van der Waals surface area (Å²) in [5, 5.41) is 2.28. The topological polar surface area (TPSA) is 17.8 Å². The zero-order valence-corrected chi connectivity index (χ0v) is 14.2. The van der Waals surface area contributed by atoms with Crippen LogP contribution < -0.4 is 0 Å². The smallest absolute Gasteiger partial charge is 0.149 e. The number of halogens is 3. The molecule has 0 aliphatic carbocycles. The lowest BCUT2D eigenvalue weighted by molar-refractivity contribution is 0.637. The highest BCUT2D eigenvalue weighted by atomic mass is 127. The summed E-state index contributed by atoms with van der Waals surface area (Å²) in [4.78, 5) is 4.40. The Morgan fingerprint density at radius 1 is 1.05 bits per heavy atom. The van der Waals surface area contributed by atoms with Gasteiger partial charge in [0.05, 0.1) is 10.7 Å². The molecule has 4 rings (SSSR count). The molecule has 106 valence electrons. The molecule has 0 bridgehead atoms. The lowest BCUT2D eigenvalue weighted by Gasteiger charge is -2.14. The van der Waals surface area contributed by atoms with Gasteiger partial charge in [-0.15, -0.1) is 24.0 Å². The molecule has 21 heavy (non-hydrogen) atoms. The van der Waals surface area contributed by atoms with Gasteiger partial charge in [-0.3, -0.25) is 0 Å². The molecule has 0 aromatic heterocycles. The van der Waals surface area contributed by atoms with Crippen LogP contribution >= 0.6 is 35.6 Å². The predicted octanol–water partition coefficient (Wildman–Crippen LogP) is 5.24. The fourth-order valence-corrected chi connectivity index (χ4v) is 3.10. The maximum absolute atomic E-state index is 13.9. The van der Waals surface area contributed by atoms with Crippen molar-refractivity contribution < 1.29 is 4.39 Å². The summed E-state index contributed by atoms with van der Waals surface area (Å²) < 4.78 is 15.9. The van der Waals surface area contributed by atoms with Crippen LogP contribution in [0.15, 0.2) is 42.5 Å². The molecule has 0 radical (unpaired) electrons. The quantitative estimate of drug-likeness (QED) is 0.361. The maximum Gasteiger partial charge on any atom is 0.149 e. The number of rotatable bonds is 0. The molecule has 0 fully saturated rings. The average Bonchev–Trinajstić information content (AvgIpc) is 2.86. The second-order valence-corrected chi connectivity index (χ2v) is 5.21. The molecule has 2 aliphatic rings. The van der Waals surface area contributed by atoms with Crippen molar-refractivity contribution >= 4 is 57.4 Å². The minimum Gasteiger partial charge on any atom is -0.342 e. The molecule has 0 amide bonds. The molecule has 0 saturated carbocycles. The fraction of sp³-hybridized carbons (Fsp3) is 0.0625. The van der Waals surface area contributed by atoms with Gasteiger partial charge >= 0.3 is 0 Å². The van der Waals surface area contributed by atoms with Gasteiger partial charge in [0, 0.05) is 23.3 Å². The van der Waals surface area contributed by atoms with Crippen LogP contribution in [0.4, 0.5) is 4.39 Å². The molecule has 2 heterocycles. The number of aromatic nitrogens is 2. The Hall–Kier alpha value is -1.40. The second-order valence-electron chi connectivity index (χ2n) is 4.84. The third kappa shape index (κ3) is 1.92. The lowest BCUT2D eigenvalue weighted by Crippen LogP contribution is -1.99. The van der Waals surface area contributed by atoms with Gasteiger partial charge in [0.15, 0.2) is 0 Å². The van der Waals surface area contributed by atoms with Crippen molar-refractivity contribution in [3.63, 3.8) is 0 Å². The van der Waals surface area contributed by atoms with Crippen molar-refractivity contribution in [2.75, 3.05) is 0 Å². The summed E-state index contributed by atoms with van der Waals surface area (Å²) in [7, 11) is 1.95. The van der Waals surface area contributed by atoms with Gasteiger partial charge < -0.3 is 4.57 Å². The summed E-state index contributed by atoms with van der Waals surface area (Å²) in [5.41, 5.74) is 2.88. The van der Waals surface area contributed by atoms with Crippen LogP contribution in [-0.2, 0) is 7.05 Å². The largest absolute Gasteiger partial charge is 0.342 e. The van der Waals surface area contributed by atoms with Crippen molar-refractivity contribution in [2.24, 2.45) is 7.05 Å². The van der Waals surface area contributed by atoms with Crippen LogP contribution in [0.1, 0.15) is 0 Å². The fourth-order valence-electron chi connectivity index (χ4n) is 2.80. The molecule has 2 nitrogen and oxygen atoms in total. The zero-order valence-electron chi connectivity index (χ0n) is 11.1. The van der Waals surface area contributed by atoms with Crippen LogP contribution in [0.2, 0.25) is 5.02 Å². The van der Waals surface area contributed by atoms with E-state index in [1.54, 1.807) is 6.07 Å². The summed E-state index contributed by atoms with van der Waals surface area (Å²) in [5.74, 6) is -0.321. The first-order chi connectivity index (χ1) is 9.68. The Labute approximate surface area is 142 Å². The maximum atomic E-state index is 13.9. The third-order valence-electron chi connectivity index (χ3n) is 3.74. The van der Waals surface area contributed by atoms with Gasteiger partial charge in [-0.05, 0) is 12.1 Å². The van der Waals surface area contributed by atoms with E-state index in [9.17, 15) is 4.39 Å². The second kappa shape index (κ2) is 5.10. The highest BCUT2D eigenvalue weighted by Crippen LogP contribution is 2.40. The molecule has 2 aromatic carbocycles. The highest BCUT2D eigenvalue weighted by Gasteiger charge is 2.22. The SMILES string of the molecule is Cn1c2c3cccc(F)c3nc-2c(Cl)c2ccccc21.I. The van der Waals surface area contributed by atoms with Gasteiger partial charge in [-0.2, -0.15) is 0 Å². The number of hydrogen-bond acceptors (Lipinski definition) is 1. The van der Waals surface area contributed by atoms with E-state index in [1.165, 1.54) is 6.07 Å². The average molecular weight is 413 g/mol. The van der Waals surface area contributed by atoms with E-state index in [4.69, 9.17) is 11.6 Å². The molecule has 2 aliphatic heterocycles. The summed E-state index contributed by atoms with van der Waals surface area (Å²) in [6.07, 6.45) is 0. The Kier molecular flexibility index (Phi) is 3.53. The number of nitrogens with zero attached hydrogens (tertiary/aromatic N) is 2. The zero-order chi connectivity index (χ0) is 13.9. The highest BCUT2D eigenvalue weighted by molar-refractivity contribution is 14.0. The van der Waals surface area contributed by atoms with Gasteiger partial charge in [0.2, 0.25) is 0 Å². The molecule has 0 unspecified atom stereocenters. The number of para-hydroxylation sites is 2. The monoisotopic (exact) mass is 412 g/mol. The van der Waals surface area contributed by atoms with E-state index >= 15 is 0 Å². The van der Waals surface area contributed by atoms with Crippen molar-refractivity contribution in [1.82, 2.24) is 9.55 Å². The normalized spacial score (nSPS) is 11.2. The van der Waals surface area contributed by atoms with Crippen LogP contribution in [0.3, 0.4) is 0 Å². The minimum atomic E-state index is -0.321. The van der Waals surface area contributed by atoms with E-state index in [0.717, 1.165) is 22.0 Å². The van der Waals surface area contributed by atoms with E-state index in [1.807, 2.05) is 41.9 Å². The van der Waals surface area contributed by atoms with E-state index in [-0.39, 0.29) is 29.8 Å². The number of aryl methyl sites for hydroxylation is 1. The first kappa shape index (κ1) is 14.5. The summed E-state index contributed by atoms with van der Waals surface area (Å²) in [6, 6.07) is 12.8. The van der Waals surface area contributed by atoms with Crippen molar-refractivity contribution in [2.45, 2.75) is 0 Å². The van der Waals surface area contributed by atoms with Gasteiger partial charge in [0.1, 0.15) is 17.0 Å². The Morgan fingerprint density at radius 3 is 2.57 bits per heavy atom. The molecule has 0 N–H and O–H groups in total. The Balaban J connectivity index is 0.00000132. The summed E-state index contributed by atoms with van der Waals surface area (Å²) in [6.45, 7) is 0. The number of pyridine rings is 1. The number of benzene rings is 2. The summed E-state index contributed by atoms with van der Waals surface area (Å²) >= 11 is 6.47. The minimum absolute atomic E-state index is 0.